The summed E-state index contributed by atoms with van der Waals surface area (Å²) in [5.41, 5.74) is 0. The summed E-state index contributed by atoms with van der Waals surface area (Å²) < 4.78 is 1.87. The first-order valence-electron chi connectivity index (χ1n) is 6.52. The molecule has 0 spiro atoms. The van der Waals surface area contributed by atoms with Gasteiger partial charge >= 0.3 is 0 Å². The SMILES string of the molecule is CC(NCCn1ccnn1)C1CCCN(C)C1. The van der Waals surface area contributed by atoms with Gasteiger partial charge in [0.25, 0.3) is 0 Å². The smallest absolute Gasteiger partial charge is 0.0692 e. The summed E-state index contributed by atoms with van der Waals surface area (Å²) in [6.45, 7) is 6.63. The Balaban J connectivity index is 1.68. The van der Waals surface area contributed by atoms with Gasteiger partial charge in [-0.15, -0.1) is 5.10 Å². The lowest BCUT2D eigenvalue weighted by Crippen LogP contribution is -2.43. The molecule has 2 atom stereocenters. The van der Waals surface area contributed by atoms with Crippen molar-refractivity contribution < 1.29 is 0 Å². The van der Waals surface area contributed by atoms with Crippen molar-refractivity contribution in [2.24, 2.45) is 5.92 Å². The van der Waals surface area contributed by atoms with Gasteiger partial charge in [0.15, 0.2) is 0 Å². The van der Waals surface area contributed by atoms with Crippen LogP contribution in [0, 0.1) is 5.92 Å². The second kappa shape index (κ2) is 6.12. The van der Waals surface area contributed by atoms with Crippen LogP contribution in [-0.4, -0.2) is 52.6 Å². The topological polar surface area (TPSA) is 46.0 Å². The van der Waals surface area contributed by atoms with Crippen molar-refractivity contribution in [2.45, 2.75) is 32.4 Å². The molecule has 1 aliphatic heterocycles. The lowest BCUT2D eigenvalue weighted by molar-refractivity contribution is 0.178. The van der Waals surface area contributed by atoms with Gasteiger partial charge in [-0.25, -0.2) is 0 Å². The average Bonchev–Trinajstić information content (AvgIpc) is 2.82. The summed E-state index contributed by atoms with van der Waals surface area (Å²) in [5, 5.41) is 11.4. The van der Waals surface area contributed by atoms with Crippen molar-refractivity contribution in [3.8, 4) is 0 Å². The van der Waals surface area contributed by atoms with Gasteiger partial charge in [-0.05, 0) is 39.3 Å². The number of hydrogen-bond donors (Lipinski definition) is 1. The normalized spacial score (nSPS) is 23.8. The zero-order valence-electron chi connectivity index (χ0n) is 10.8. The minimum absolute atomic E-state index is 0.585. The Morgan fingerprint density at radius 3 is 3.12 bits per heavy atom. The van der Waals surface area contributed by atoms with Crippen LogP contribution in [0.1, 0.15) is 19.8 Å². The van der Waals surface area contributed by atoms with Crippen molar-refractivity contribution in [3.63, 3.8) is 0 Å². The molecule has 0 radical (unpaired) electrons. The van der Waals surface area contributed by atoms with Crippen LogP contribution < -0.4 is 5.32 Å². The van der Waals surface area contributed by atoms with E-state index in [9.17, 15) is 0 Å². The molecule has 1 aliphatic rings. The molecule has 1 fully saturated rings. The first-order valence-corrected chi connectivity index (χ1v) is 6.52. The van der Waals surface area contributed by atoms with E-state index < -0.39 is 0 Å². The molecule has 17 heavy (non-hydrogen) atoms. The van der Waals surface area contributed by atoms with Crippen molar-refractivity contribution in [2.75, 3.05) is 26.7 Å². The summed E-state index contributed by atoms with van der Waals surface area (Å²) in [7, 11) is 2.22. The Morgan fingerprint density at radius 2 is 2.41 bits per heavy atom. The third kappa shape index (κ3) is 3.78. The first kappa shape index (κ1) is 12.5. The van der Waals surface area contributed by atoms with E-state index in [4.69, 9.17) is 0 Å². The van der Waals surface area contributed by atoms with Gasteiger partial charge < -0.3 is 10.2 Å². The fourth-order valence-corrected chi connectivity index (χ4v) is 2.54. The van der Waals surface area contributed by atoms with E-state index in [-0.39, 0.29) is 0 Å². The van der Waals surface area contributed by atoms with Crippen LogP contribution in [-0.2, 0) is 6.54 Å². The Hall–Kier alpha value is -0.940. The lowest BCUT2D eigenvalue weighted by Gasteiger charge is -2.34. The summed E-state index contributed by atoms with van der Waals surface area (Å²) in [4.78, 5) is 2.43. The van der Waals surface area contributed by atoms with E-state index >= 15 is 0 Å². The molecular formula is C12H23N5. The molecule has 0 aromatic carbocycles. The molecule has 1 aromatic heterocycles. The number of nitrogens with one attached hydrogen (secondary N) is 1. The number of hydrogen-bond acceptors (Lipinski definition) is 4. The molecule has 5 heteroatoms. The van der Waals surface area contributed by atoms with Crippen LogP contribution >= 0.6 is 0 Å². The van der Waals surface area contributed by atoms with Crippen LogP contribution in [0.4, 0.5) is 0 Å². The van der Waals surface area contributed by atoms with Crippen molar-refractivity contribution >= 4 is 0 Å². The van der Waals surface area contributed by atoms with Gasteiger partial charge in [0.05, 0.1) is 12.7 Å². The minimum atomic E-state index is 0.585. The van der Waals surface area contributed by atoms with Crippen molar-refractivity contribution in [1.29, 1.82) is 0 Å². The predicted octanol–water partition coefficient (Wildman–Crippen LogP) is 0.598. The highest BCUT2D eigenvalue weighted by atomic mass is 15.4. The predicted molar refractivity (Wildman–Crippen MR) is 67.7 cm³/mol. The molecular weight excluding hydrogens is 214 g/mol. The molecule has 0 amide bonds. The van der Waals surface area contributed by atoms with Gasteiger partial charge in [-0.1, -0.05) is 5.21 Å². The third-order valence-corrected chi connectivity index (χ3v) is 3.65. The van der Waals surface area contributed by atoms with Gasteiger partial charge in [0, 0.05) is 25.3 Å². The lowest BCUT2D eigenvalue weighted by atomic mass is 9.92. The summed E-state index contributed by atoms with van der Waals surface area (Å²) in [6, 6.07) is 0.585. The van der Waals surface area contributed by atoms with Crippen LogP contribution in [0.3, 0.4) is 0 Å². The Bertz CT molecular complexity index is 311. The largest absolute Gasteiger partial charge is 0.312 e. The maximum atomic E-state index is 3.96. The number of piperidine rings is 1. The Morgan fingerprint density at radius 1 is 1.53 bits per heavy atom. The van der Waals surface area contributed by atoms with Crippen LogP contribution in [0.15, 0.2) is 12.4 Å². The molecule has 1 N–H and O–H groups in total. The van der Waals surface area contributed by atoms with Crippen LogP contribution in [0.2, 0.25) is 0 Å². The van der Waals surface area contributed by atoms with Gasteiger partial charge in [0.1, 0.15) is 0 Å². The molecule has 96 valence electrons. The second-order valence-corrected chi connectivity index (χ2v) is 5.07. The van der Waals surface area contributed by atoms with E-state index in [0.29, 0.717) is 6.04 Å². The molecule has 5 nitrogen and oxygen atoms in total. The fraction of sp³-hybridized carbons (Fsp3) is 0.833. The second-order valence-electron chi connectivity index (χ2n) is 5.07. The maximum absolute atomic E-state index is 3.96. The number of aromatic nitrogens is 3. The molecule has 2 heterocycles. The van der Waals surface area contributed by atoms with Gasteiger partial charge in [0.2, 0.25) is 0 Å². The maximum Gasteiger partial charge on any atom is 0.0692 e. The summed E-state index contributed by atoms with van der Waals surface area (Å²) >= 11 is 0. The van der Waals surface area contributed by atoms with Crippen molar-refractivity contribution in [1.82, 2.24) is 25.2 Å². The van der Waals surface area contributed by atoms with Gasteiger partial charge in [-0.3, -0.25) is 4.68 Å². The number of likely N-dealkylation sites (tertiary alicyclic amines) is 1. The minimum Gasteiger partial charge on any atom is -0.312 e. The zero-order chi connectivity index (χ0) is 12.1. The van der Waals surface area contributed by atoms with Crippen LogP contribution in [0.5, 0.6) is 0 Å². The highest BCUT2D eigenvalue weighted by Gasteiger charge is 2.22. The zero-order valence-corrected chi connectivity index (χ0v) is 10.8. The molecule has 2 unspecified atom stereocenters. The standard InChI is InChI=1S/C12H23N5/c1-11(12-4-3-7-16(2)10-12)13-5-8-17-9-6-14-15-17/h6,9,11-13H,3-5,7-8,10H2,1-2H3. The molecule has 0 aliphatic carbocycles. The monoisotopic (exact) mass is 237 g/mol. The highest BCUT2D eigenvalue weighted by molar-refractivity contribution is 4.79. The highest BCUT2D eigenvalue weighted by Crippen LogP contribution is 2.18. The average molecular weight is 237 g/mol. The number of nitrogens with zero attached hydrogens (tertiary/aromatic N) is 4. The van der Waals surface area contributed by atoms with Crippen molar-refractivity contribution in [3.05, 3.63) is 12.4 Å². The van der Waals surface area contributed by atoms with E-state index in [0.717, 1.165) is 19.0 Å². The fourth-order valence-electron chi connectivity index (χ4n) is 2.54. The Kier molecular flexibility index (Phi) is 4.50. The van der Waals surface area contributed by atoms with E-state index in [1.807, 2.05) is 10.9 Å². The van der Waals surface area contributed by atoms with E-state index in [1.54, 1.807) is 6.20 Å². The molecule has 2 rings (SSSR count). The molecule has 0 bridgehead atoms. The summed E-state index contributed by atoms with van der Waals surface area (Å²) in [5.74, 6) is 0.782. The third-order valence-electron chi connectivity index (χ3n) is 3.65. The number of rotatable bonds is 5. The molecule has 1 saturated heterocycles. The quantitative estimate of drug-likeness (QED) is 0.814. The van der Waals surface area contributed by atoms with Crippen LogP contribution in [0.25, 0.3) is 0 Å². The Labute approximate surface area is 103 Å². The van der Waals surface area contributed by atoms with E-state index in [2.05, 4.69) is 34.5 Å². The molecule has 1 aromatic rings. The van der Waals surface area contributed by atoms with Gasteiger partial charge in [-0.2, -0.15) is 0 Å². The first-order chi connectivity index (χ1) is 8.25. The molecule has 0 saturated carbocycles. The van der Waals surface area contributed by atoms with E-state index in [1.165, 1.54) is 25.9 Å². The summed E-state index contributed by atoms with van der Waals surface area (Å²) in [6.07, 6.45) is 6.30.